The summed E-state index contributed by atoms with van der Waals surface area (Å²) >= 11 is 0. The van der Waals surface area contributed by atoms with E-state index in [9.17, 15) is 4.79 Å². The monoisotopic (exact) mass is 274 g/mol. The maximum atomic E-state index is 12.0. The largest absolute Gasteiger partial charge is 0.493 e. The second-order valence-electron chi connectivity index (χ2n) is 5.72. The Morgan fingerprint density at radius 3 is 2.95 bits per heavy atom. The first kappa shape index (κ1) is 13.4. The van der Waals surface area contributed by atoms with Crippen molar-refractivity contribution in [3.8, 4) is 5.75 Å². The first-order chi connectivity index (χ1) is 9.83. The topological polar surface area (TPSA) is 50.4 Å². The van der Waals surface area contributed by atoms with Gasteiger partial charge >= 0.3 is 0 Å². The molecular weight excluding hydrogens is 252 g/mol. The molecule has 0 bridgehead atoms. The van der Waals surface area contributed by atoms with Crippen molar-refractivity contribution < 1.29 is 9.53 Å². The van der Waals surface area contributed by atoms with E-state index in [0.717, 1.165) is 43.2 Å². The van der Waals surface area contributed by atoms with Gasteiger partial charge in [-0.3, -0.25) is 4.79 Å². The minimum Gasteiger partial charge on any atom is -0.493 e. The number of para-hydroxylation sites is 1. The molecule has 1 saturated carbocycles. The van der Waals surface area contributed by atoms with Gasteiger partial charge in [0.05, 0.1) is 19.2 Å². The molecule has 108 valence electrons. The van der Waals surface area contributed by atoms with Crippen molar-refractivity contribution in [1.82, 2.24) is 10.6 Å². The van der Waals surface area contributed by atoms with Gasteiger partial charge in [-0.15, -0.1) is 0 Å². The Bertz CT molecular complexity index is 471. The Morgan fingerprint density at radius 2 is 2.10 bits per heavy atom. The van der Waals surface area contributed by atoms with E-state index in [-0.39, 0.29) is 11.9 Å². The Morgan fingerprint density at radius 1 is 1.25 bits per heavy atom. The molecule has 1 aliphatic heterocycles. The standard InChI is InChI=1S/C16H22N2O2/c19-16(11-17-10-12-7-8-12)18-14-5-3-9-20-15-6-2-1-4-13(14)15/h1-2,4,6,12,14,17H,3,5,7-11H2,(H,18,19). The van der Waals surface area contributed by atoms with Crippen LogP contribution >= 0.6 is 0 Å². The van der Waals surface area contributed by atoms with Crippen LogP contribution in [0, 0.1) is 5.92 Å². The number of benzene rings is 1. The number of carbonyl (C=O) groups is 1. The summed E-state index contributed by atoms with van der Waals surface area (Å²) in [6.45, 7) is 2.11. The van der Waals surface area contributed by atoms with Crippen molar-refractivity contribution in [2.45, 2.75) is 31.7 Å². The lowest BCUT2D eigenvalue weighted by molar-refractivity contribution is -0.121. The van der Waals surface area contributed by atoms with Gasteiger partial charge < -0.3 is 15.4 Å². The zero-order valence-corrected chi connectivity index (χ0v) is 11.7. The zero-order valence-electron chi connectivity index (χ0n) is 11.7. The van der Waals surface area contributed by atoms with E-state index in [4.69, 9.17) is 4.74 Å². The van der Waals surface area contributed by atoms with Gasteiger partial charge in [0.15, 0.2) is 0 Å². The minimum atomic E-state index is 0.0731. The highest BCUT2D eigenvalue weighted by Gasteiger charge is 2.22. The molecule has 0 aromatic heterocycles. The van der Waals surface area contributed by atoms with Crippen LogP contribution < -0.4 is 15.4 Å². The maximum absolute atomic E-state index is 12.0. The maximum Gasteiger partial charge on any atom is 0.234 e. The fraction of sp³-hybridized carbons (Fsp3) is 0.562. The normalized spacial score (nSPS) is 21.5. The Balaban J connectivity index is 1.56. The summed E-state index contributed by atoms with van der Waals surface area (Å²) in [4.78, 5) is 12.0. The van der Waals surface area contributed by atoms with E-state index in [1.54, 1.807) is 0 Å². The predicted molar refractivity (Wildman–Crippen MR) is 77.6 cm³/mol. The zero-order chi connectivity index (χ0) is 13.8. The number of rotatable bonds is 5. The first-order valence-electron chi connectivity index (χ1n) is 7.55. The van der Waals surface area contributed by atoms with E-state index < -0.39 is 0 Å². The van der Waals surface area contributed by atoms with Crippen molar-refractivity contribution in [2.75, 3.05) is 19.7 Å². The lowest BCUT2D eigenvalue weighted by Crippen LogP contribution is -2.36. The first-order valence-corrected chi connectivity index (χ1v) is 7.55. The van der Waals surface area contributed by atoms with Gasteiger partial charge in [-0.2, -0.15) is 0 Å². The summed E-state index contributed by atoms with van der Waals surface area (Å²) in [5.41, 5.74) is 1.10. The third-order valence-electron chi connectivity index (χ3n) is 3.94. The summed E-state index contributed by atoms with van der Waals surface area (Å²) in [5, 5.41) is 6.36. The molecule has 1 unspecified atom stereocenters. The lowest BCUT2D eigenvalue weighted by Gasteiger charge is -2.18. The van der Waals surface area contributed by atoms with E-state index in [1.807, 2.05) is 24.3 Å². The van der Waals surface area contributed by atoms with Crippen LogP contribution in [0.1, 0.15) is 37.3 Å². The molecule has 1 amide bonds. The summed E-state index contributed by atoms with van der Waals surface area (Å²) in [7, 11) is 0. The molecule has 1 fully saturated rings. The quantitative estimate of drug-likeness (QED) is 0.863. The van der Waals surface area contributed by atoms with Gasteiger partial charge in [0.25, 0.3) is 0 Å². The Hall–Kier alpha value is -1.55. The average molecular weight is 274 g/mol. The van der Waals surface area contributed by atoms with Crippen molar-refractivity contribution >= 4 is 5.91 Å². The number of hydrogen-bond donors (Lipinski definition) is 2. The molecule has 4 heteroatoms. The average Bonchev–Trinajstić information content (AvgIpc) is 3.27. The molecule has 1 aliphatic carbocycles. The van der Waals surface area contributed by atoms with Gasteiger partial charge in [0.2, 0.25) is 5.91 Å². The van der Waals surface area contributed by atoms with Gasteiger partial charge in [0, 0.05) is 5.56 Å². The molecular formula is C16H22N2O2. The Labute approximate surface area is 119 Å². The summed E-state index contributed by atoms with van der Waals surface area (Å²) in [6, 6.07) is 8.07. The second kappa shape index (κ2) is 6.27. The number of hydrogen-bond acceptors (Lipinski definition) is 3. The van der Waals surface area contributed by atoms with E-state index in [2.05, 4.69) is 10.6 Å². The molecule has 1 aromatic rings. The van der Waals surface area contributed by atoms with Crippen LogP contribution in [0.3, 0.4) is 0 Å². The number of amides is 1. The highest BCUT2D eigenvalue weighted by Crippen LogP contribution is 2.31. The summed E-state index contributed by atoms with van der Waals surface area (Å²) in [6.07, 6.45) is 4.52. The van der Waals surface area contributed by atoms with Crippen molar-refractivity contribution in [3.63, 3.8) is 0 Å². The van der Waals surface area contributed by atoms with Gasteiger partial charge in [-0.25, -0.2) is 0 Å². The van der Waals surface area contributed by atoms with Crippen LogP contribution in [0.2, 0.25) is 0 Å². The number of fused-ring (bicyclic) bond motifs is 1. The van der Waals surface area contributed by atoms with Crippen LogP contribution in [0.5, 0.6) is 5.75 Å². The fourth-order valence-electron chi connectivity index (χ4n) is 2.63. The second-order valence-corrected chi connectivity index (χ2v) is 5.72. The van der Waals surface area contributed by atoms with Crippen LogP contribution in [0.25, 0.3) is 0 Å². The van der Waals surface area contributed by atoms with Crippen LogP contribution in [0.4, 0.5) is 0 Å². The molecule has 4 nitrogen and oxygen atoms in total. The Kier molecular flexibility index (Phi) is 4.21. The number of ether oxygens (including phenoxy) is 1. The molecule has 0 spiro atoms. The highest BCUT2D eigenvalue weighted by molar-refractivity contribution is 5.78. The molecule has 1 aromatic carbocycles. The SMILES string of the molecule is O=C(CNCC1CC1)NC1CCCOc2ccccc21. The van der Waals surface area contributed by atoms with Crippen LogP contribution in [0.15, 0.2) is 24.3 Å². The van der Waals surface area contributed by atoms with Crippen molar-refractivity contribution in [3.05, 3.63) is 29.8 Å². The lowest BCUT2D eigenvalue weighted by atomic mass is 10.0. The smallest absolute Gasteiger partial charge is 0.234 e. The molecule has 3 rings (SSSR count). The third-order valence-corrected chi connectivity index (χ3v) is 3.94. The summed E-state index contributed by atoms with van der Waals surface area (Å²) in [5.74, 6) is 1.78. The van der Waals surface area contributed by atoms with Crippen LogP contribution in [-0.4, -0.2) is 25.6 Å². The van der Waals surface area contributed by atoms with Crippen molar-refractivity contribution in [1.29, 1.82) is 0 Å². The molecule has 1 atom stereocenters. The van der Waals surface area contributed by atoms with E-state index in [1.165, 1.54) is 12.8 Å². The molecule has 1 heterocycles. The highest BCUT2D eigenvalue weighted by atomic mass is 16.5. The minimum absolute atomic E-state index is 0.0731. The van der Waals surface area contributed by atoms with E-state index in [0.29, 0.717) is 6.54 Å². The van der Waals surface area contributed by atoms with Crippen molar-refractivity contribution in [2.24, 2.45) is 5.92 Å². The van der Waals surface area contributed by atoms with E-state index >= 15 is 0 Å². The molecule has 2 N–H and O–H groups in total. The summed E-state index contributed by atoms with van der Waals surface area (Å²) < 4.78 is 5.71. The van der Waals surface area contributed by atoms with Gasteiger partial charge in [0.1, 0.15) is 5.75 Å². The van der Waals surface area contributed by atoms with Gasteiger partial charge in [-0.1, -0.05) is 18.2 Å². The fourth-order valence-corrected chi connectivity index (χ4v) is 2.63. The molecule has 0 saturated heterocycles. The molecule has 0 radical (unpaired) electrons. The molecule has 20 heavy (non-hydrogen) atoms. The predicted octanol–water partition coefficient (Wildman–Crippen LogP) is 2.02. The van der Waals surface area contributed by atoms with Crippen LogP contribution in [-0.2, 0) is 4.79 Å². The molecule has 2 aliphatic rings. The van der Waals surface area contributed by atoms with Gasteiger partial charge in [-0.05, 0) is 44.2 Å². The number of nitrogens with one attached hydrogen (secondary N) is 2. The number of carbonyl (C=O) groups excluding carboxylic acids is 1. The third kappa shape index (κ3) is 3.51.